The van der Waals surface area contributed by atoms with Gasteiger partial charge in [-0.3, -0.25) is 0 Å². The molecular formula is C13H15NO2S. The van der Waals surface area contributed by atoms with Gasteiger partial charge in [0.2, 0.25) is 0 Å². The number of fused-ring (bicyclic) bond motifs is 1. The SMILES string of the molecule is CC(C)NS(=O)Oc1cccc2ccccc12. The lowest BCUT2D eigenvalue weighted by atomic mass is 10.1. The monoisotopic (exact) mass is 249 g/mol. The lowest BCUT2D eigenvalue weighted by Gasteiger charge is -2.10. The minimum atomic E-state index is -1.51. The highest BCUT2D eigenvalue weighted by molar-refractivity contribution is 7.78. The molecule has 1 atom stereocenters. The first-order valence-corrected chi connectivity index (χ1v) is 6.58. The van der Waals surface area contributed by atoms with E-state index in [1.165, 1.54) is 0 Å². The summed E-state index contributed by atoms with van der Waals surface area (Å²) in [5, 5.41) is 2.04. The highest BCUT2D eigenvalue weighted by Gasteiger charge is 2.07. The standard InChI is InChI=1S/C13H15NO2S/c1-10(2)14-17(15)16-13-9-5-7-11-6-3-4-8-12(11)13/h3-10,14H,1-2H3. The molecule has 1 unspecified atom stereocenters. The topological polar surface area (TPSA) is 38.3 Å². The first-order valence-electron chi connectivity index (χ1n) is 5.51. The van der Waals surface area contributed by atoms with Crippen LogP contribution in [-0.4, -0.2) is 10.3 Å². The van der Waals surface area contributed by atoms with Crippen molar-refractivity contribution in [2.45, 2.75) is 19.9 Å². The maximum atomic E-state index is 11.6. The van der Waals surface area contributed by atoms with Crippen molar-refractivity contribution in [3.8, 4) is 5.75 Å². The molecule has 0 heterocycles. The molecule has 0 bridgehead atoms. The van der Waals surface area contributed by atoms with Crippen molar-refractivity contribution < 1.29 is 8.39 Å². The number of rotatable bonds is 4. The molecule has 0 spiro atoms. The lowest BCUT2D eigenvalue weighted by Crippen LogP contribution is -2.28. The maximum absolute atomic E-state index is 11.6. The Morgan fingerprint density at radius 3 is 2.59 bits per heavy atom. The largest absolute Gasteiger partial charge is 0.388 e. The van der Waals surface area contributed by atoms with Gasteiger partial charge in [-0.2, -0.15) is 4.21 Å². The molecule has 3 nitrogen and oxygen atoms in total. The fraction of sp³-hybridized carbons (Fsp3) is 0.231. The predicted octanol–water partition coefficient (Wildman–Crippen LogP) is 2.80. The van der Waals surface area contributed by atoms with E-state index in [0.717, 1.165) is 10.8 Å². The van der Waals surface area contributed by atoms with E-state index in [1.54, 1.807) is 0 Å². The minimum absolute atomic E-state index is 0.116. The molecule has 1 N–H and O–H groups in total. The van der Waals surface area contributed by atoms with Gasteiger partial charge >= 0.3 is 0 Å². The zero-order valence-electron chi connectivity index (χ0n) is 9.84. The van der Waals surface area contributed by atoms with Crippen molar-refractivity contribution in [2.24, 2.45) is 0 Å². The van der Waals surface area contributed by atoms with Gasteiger partial charge in [0.1, 0.15) is 5.75 Å². The van der Waals surface area contributed by atoms with E-state index in [2.05, 4.69) is 4.72 Å². The lowest BCUT2D eigenvalue weighted by molar-refractivity contribution is 0.541. The fourth-order valence-corrected chi connectivity index (χ4v) is 2.31. The summed E-state index contributed by atoms with van der Waals surface area (Å²) in [5.74, 6) is 0.634. The van der Waals surface area contributed by atoms with Crippen LogP contribution in [0.3, 0.4) is 0 Å². The van der Waals surface area contributed by atoms with Crippen molar-refractivity contribution in [1.29, 1.82) is 0 Å². The molecular weight excluding hydrogens is 234 g/mol. The summed E-state index contributed by atoms with van der Waals surface area (Å²) in [6.45, 7) is 3.84. The number of benzene rings is 2. The summed E-state index contributed by atoms with van der Waals surface area (Å²) in [6, 6.07) is 13.7. The quantitative estimate of drug-likeness (QED) is 0.904. The molecule has 0 aliphatic carbocycles. The van der Waals surface area contributed by atoms with Gasteiger partial charge in [-0.15, -0.1) is 0 Å². The van der Waals surface area contributed by atoms with Crippen molar-refractivity contribution >= 4 is 22.0 Å². The Balaban J connectivity index is 2.27. The summed E-state index contributed by atoms with van der Waals surface area (Å²) in [6.07, 6.45) is 0. The minimum Gasteiger partial charge on any atom is -0.388 e. The van der Waals surface area contributed by atoms with E-state index < -0.39 is 11.3 Å². The zero-order valence-corrected chi connectivity index (χ0v) is 10.7. The smallest absolute Gasteiger partial charge is 0.288 e. The summed E-state index contributed by atoms with van der Waals surface area (Å²) in [5.41, 5.74) is 0. The van der Waals surface area contributed by atoms with Gasteiger partial charge in [-0.25, -0.2) is 4.72 Å². The molecule has 2 rings (SSSR count). The molecule has 90 valence electrons. The predicted molar refractivity (Wildman–Crippen MR) is 71.0 cm³/mol. The van der Waals surface area contributed by atoms with Gasteiger partial charge in [-0.1, -0.05) is 36.4 Å². The van der Waals surface area contributed by atoms with Gasteiger partial charge in [0, 0.05) is 11.4 Å². The van der Waals surface area contributed by atoms with Crippen LogP contribution < -0.4 is 8.91 Å². The van der Waals surface area contributed by atoms with Crippen LogP contribution in [0.5, 0.6) is 5.75 Å². The number of hydrogen-bond donors (Lipinski definition) is 1. The average molecular weight is 249 g/mol. The van der Waals surface area contributed by atoms with Crippen molar-refractivity contribution in [3.63, 3.8) is 0 Å². The van der Waals surface area contributed by atoms with E-state index in [4.69, 9.17) is 4.18 Å². The molecule has 0 radical (unpaired) electrons. The molecule has 0 saturated heterocycles. The Hall–Kier alpha value is -1.39. The van der Waals surface area contributed by atoms with Gasteiger partial charge in [0.05, 0.1) is 0 Å². The third kappa shape index (κ3) is 3.05. The second-order valence-electron chi connectivity index (χ2n) is 4.07. The van der Waals surface area contributed by atoms with Crippen molar-refractivity contribution in [2.75, 3.05) is 0 Å². The molecule has 2 aromatic rings. The second-order valence-corrected chi connectivity index (χ2v) is 4.94. The Kier molecular flexibility index (Phi) is 3.76. The van der Waals surface area contributed by atoms with E-state index >= 15 is 0 Å². The summed E-state index contributed by atoms with van der Waals surface area (Å²) in [7, 11) is 0. The Labute approximate surface area is 104 Å². The third-order valence-corrected chi connectivity index (χ3v) is 3.24. The summed E-state index contributed by atoms with van der Waals surface area (Å²) < 4.78 is 19.8. The van der Waals surface area contributed by atoms with Crippen LogP contribution in [0.2, 0.25) is 0 Å². The van der Waals surface area contributed by atoms with Crippen LogP contribution in [-0.2, 0) is 11.3 Å². The number of hydrogen-bond acceptors (Lipinski definition) is 2. The Bertz CT molecular complexity index is 534. The average Bonchev–Trinajstić information content (AvgIpc) is 2.28. The maximum Gasteiger partial charge on any atom is 0.288 e. The number of nitrogens with one attached hydrogen (secondary N) is 1. The normalized spacial score (nSPS) is 12.9. The van der Waals surface area contributed by atoms with Gasteiger partial charge < -0.3 is 4.18 Å². The molecule has 0 amide bonds. The molecule has 0 aliphatic rings. The van der Waals surface area contributed by atoms with E-state index in [-0.39, 0.29) is 6.04 Å². The first kappa shape index (κ1) is 12.1. The third-order valence-electron chi connectivity index (χ3n) is 2.25. The van der Waals surface area contributed by atoms with Crippen LogP contribution in [0, 0.1) is 0 Å². The molecule has 0 aromatic heterocycles. The fourth-order valence-electron chi connectivity index (χ4n) is 1.57. The van der Waals surface area contributed by atoms with E-state index in [0.29, 0.717) is 5.75 Å². The van der Waals surface area contributed by atoms with Gasteiger partial charge in [0.15, 0.2) is 0 Å². The van der Waals surface area contributed by atoms with Crippen molar-refractivity contribution in [1.82, 2.24) is 4.72 Å². The Morgan fingerprint density at radius 2 is 1.82 bits per heavy atom. The van der Waals surface area contributed by atoms with E-state index in [9.17, 15) is 4.21 Å². The van der Waals surface area contributed by atoms with Crippen LogP contribution in [0.25, 0.3) is 10.8 Å². The Morgan fingerprint density at radius 1 is 1.12 bits per heavy atom. The van der Waals surface area contributed by atoms with Crippen LogP contribution in [0.15, 0.2) is 42.5 Å². The van der Waals surface area contributed by atoms with Gasteiger partial charge in [0.25, 0.3) is 11.3 Å². The van der Waals surface area contributed by atoms with Crippen LogP contribution >= 0.6 is 0 Å². The molecule has 4 heteroatoms. The highest BCUT2D eigenvalue weighted by atomic mass is 32.2. The van der Waals surface area contributed by atoms with Gasteiger partial charge in [-0.05, 0) is 25.3 Å². The highest BCUT2D eigenvalue weighted by Crippen LogP contribution is 2.25. The second kappa shape index (κ2) is 5.29. The molecule has 0 fully saturated rings. The van der Waals surface area contributed by atoms with E-state index in [1.807, 2.05) is 56.3 Å². The molecule has 0 saturated carbocycles. The summed E-state index contributed by atoms with van der Waals surface area (Å²) >= 11 is -1.51. The molecule has 0 aliphatic heterocycles. The van der Waals surface area contributed by atoms with Crippen LogP contribution in [0.4, 0.5) is 0 Å². The molecule has 17 heavy (non-hydrogen) atoms. The van der Waals surface area contributed by atoms with Crippen molar-refractivity contribution in [3.05, 3.63) is 42.5 Å². The zero-order chi connectivity index (χ0) is 12.3. The molecule has 2 aromatic carbocycles. The first-order chi connectivity index (χ1) is 8.16. The van der Waals surface area contributed by atoms with Crippen LogP contribution in [0.1, 0.15) is 13.8 Å². The summed E-state index contributed by atoms with van der Waals surface area (Å²) in [4.78, 5) is 0.